The molecular weight excluding hydrogens is 212 g/mol. The van der Waals surface area contributed by atoms with E-state index in [1.165, 1.54) is 0 Å². The highest BCUT2D eigenvalue weighted by atomic mass is 16.1. The summed E-state index contributed by atoms with van der Waals surface area (Å²) in [5, 5.41) is 2.84. The molecule has 17 heavy (non-hydrogen) atoms. The van der Waals surface area contributed by atoms with Crippen molar-refractivity contribution in [1.29, 1.82) is 0 Å². The Balaban J connectivity index is 2.18. The van der Waals surface area contributed by atoms with Gasteiger partial charge in [0.25, 0.3) is 0 Å². The molecule has 0 aromatic heterocycles. The maximum atomic E-state index is 11.3. The molecule has 3 N–H and O–H groups in total. The summed E-state index contributed by atoms with van der Waals surface area (Å²) in [6.07, 6.45) is 2.77. The van der Waals surface area contributed by atoms with Gasteiger partial charge in [0.1, 0.15) is 0 Å². The molecule has 2 atom stereocenters. The minimum atomic E-state index is 0.0657. The lowest BCUT2D eigenvalue weighted by molar-refractivity contribution is -0.115. The summed E-state index contributed by atoms with van der Waals surface area (Å²) in [6.45, 7) is 4.36. The summed E-state index contributed by atoms with van der Waals surface area (Å²) in [6, 6.07) is 6.13. The van der Waals surface area contributed by atoms with Crippen molar-refractivity contribution in [2.75, 3.05) is 5.32 Å². The van der Waals surface area contributed by atoms with Crippen LogP contribution < -0.4 is 11.1 Å². The Morgan fingerprint density at radius 1 is 1.47 bits per heavy atom. The van der Waals surface area contributed by atoms with E-state index in [1.54, 1.807) is 0 Å². The summed E-state index contributed by atoms with van der Waals surface area (Å²) in [7, 11) is 0. The maximum Gasteiger partial charge on any atom is 0.228 e. The Hall–Kier alpha value is -1.35. The quantitative estimate of drug-likeness (QED) is 0.838. The van der Waals surface area contributed by atoms with E-state index >= 15 is 0 Å². The van der Waals surface area contributed by atoms with Gasteiger partial charge in [-0.1, -0.05) is 32.4 Å². The predicted octanol–water partition coefficient (Wildman–Crippen LogP) is 2.62. The smallest absolute Gasteiger partial charge is 0.228 e. The number of anilines is 1. The van der Waals surface area contributed by atoms with Gasteiger partial charge in [0.05, 0.1) is 6.42 Å². The Kier molecular flexibility index (Phi) is 3.48. The lowest BCUT2D eigenvalue weighted by atomic mass is 9.90. The molecule has 1 aliphatic rings. The Morgan fingerprint density at radius 3 is 2.94 bits per heavy atom. The third-order valence-electron chi connectivity index (χ3n) is 3.50. The molecule has 1 aromatic rings. The van der Waals surface area contributed by atoms with Crippen LogP contribution in [0.15, 0.2) is 18.2 Å². The Bertz CT molecular complexity index is 428. The van der Waals surface area contributed by atoms with E-state index in [0.29, 0.717) is 12.3 Å². The molecule has 3 nitrogen and oxygen atoms in total. The van der Waals surface area contributed by atoms with Gasteiger partial charge in [0.2, 0.25) is 5.91 Å². The van der Waals surface area contributed by atoms with Gasteiger partial charge in [0.15, 0.2) is 0 Å². The number of rotatable bonds is 4. The zero-order valence-electron chi connectivity index (χ0n) is 10.5. The van der Waals surface area contributed by atoms with Crippen molar-refractivity contribution in [1.82, 2.24) is 0 Å². The molecule has 0 bridgehead atoms. The molecular formula is C14H20N2O. The first-order chi connectivity index (χ1) is 8.11. The van der Waals surface area contributed by atoms with Gasteiger partial charge in [-0.05, 0) is 29.5 Å². The van der Waals surface area contributed by atoms with Crippen molar-refractivity contribution in [2.24, 2.45) is 11.7 Å². The zero-order chi connectivity index (χ0) is 12.4. The number of hydrogen-bond acceptors (Lipinski definition) is 2. The van der Waals surface area contributed by atoms with E-state index in [0.717, 1.165) is 29.7 Å². The molecule has 1 aromatic carbocycles. The largest absolute Gasteiger partial charge is 0.326 e. The Morgan fingerprint density at radius 2 is 2.24 bits per heavy atom. The second kappa shape index (κ2) is 4.88. The summed E-state index contributed by atoms with van der Waals surface area (Å²) < 4.78 is 0. The SMILES string of the molecule is CCCC(C)C(N)c1ccc2c(c1)CC(=O)N2. The van der Waals surface area contributed by atoms with Gasteiger partial charge in [-0.2, -0.15) is 0 Å². The molecule has 92 valence electrons. The van der Waals surface area contributed by atoms with Crippen LogP contribution in [-0.2, 0) is 11.2 Å². The summed E-state index contributed by atoms with van der Waals surface area (Å²) >= 11 is 0. The predicted molar refractivity (Wildman–Crippen MR) is 69.8 cm³/mol. The number of carbonyl (C=O) groups is 1. The molecule has 0 saturated heterocycles. The van der Waals surface area contributed by atoms with Crippen molar-refractivity contribution in [3.8, 4) is 0 Å². The van der Waals surface area contributed by atoms with Crippen LogP contribution in [0.1, 0.15) is 43.9 Å². The van der Waals surface area contributed by atoms with Gasteiger partial charge >= 0.3 is 0 Å². The van der Waals surface area contributed by atoms with Gasteiger partial charge in [-0.15, -0.1) is 0 Å². The molecule has 1 heterocycles. The number of benzene rings is 1. The first-order valence-corrected chi connectivity index (χ1v) is 6.30. The van der Waals surface area contributed by atoms with Crippen LogP contribution in [0.4, 0.5) is 5.69 Å². The molecule has 3 heteroatoms. The zero-order valence-corrected chi connectivity index (χ0v) is 10.5. The average molecular weight is 232 g/mol. The summed E-state index contributed by atoms with van der Waals surface area (Å²) in [5.41, 5.74) is 9.40. The highest BCUT2D eigenvalue weighted by Gasteiger charge is 2.20. The van der Waals surface area contributed by atoms with Gasteiger partial charge in [-0.3, -0.25) is 4.79 Å². The van der Waals surface area contributed by atoms with Crippen LogP contribution in [0.2, 0.25) is 0 Å². The minimum Gasteiger partial charge on any atom is -0.326 e. The third-order valence-corrected chi connectivity index (χ3v) is 3.50. The van der Waals surface area contributed by atoms with Crippen molar-refractivity contribution in [3.63, 3.8) is 0 Å². The van der Waals surface area contributed by atoms with Gasteiger partial charge in [-0.25, -0.2) is 0 Å². The second-order valence-corrected chi connectivity index (χ2v) is 4.93. The average Bonchev–Trinajstić information content (AvgIpc) is 2.67. The lowest BCUT2D eigenvalue weighted by Crippen LogP contribution is -2.19. The fraction of sp³-hybridized carbons (Fsp3) is 0.500. The normalized spacial score (nSPS) is 17.5. The number of fused-ring (bicyclic) bond motifs is 1. The molecule has 0 spiro atoms. The Labute approximate surface area is 102 Å². The molecule has 1 aliphatic heterocycles. The molecule has 0 fully saturated rings. The van der Waals surface area contributed by atoms with Crippen molar-refractivity contribution >= 4 is 11.6 Å². The van der Waals surface area contributed by atoms with Gasteiger partial charge < -0.3 is 11.1 Å². The number of carbonyl (C=O) groups excluding carboxylic acids is 1. The number of hydrogen-bond donors (Lipinski definition) is 2. The fourth-order valence-electron chi connectivity index (χ4n) is 2.42. The highest BCUT2D eigenvalue weighted by molar-refractivity contribution is 5.99. The van der Waals surface area contributed by atoms with Crippen LogP contribution in [0.5, 0.6) is 0 Å². The highest BCUT2D eigenvalue weighted by Crippen LogP contribution is 2.29. The van der Waals surface area contributed by atoms with Gasteiger partial charge in [0, 0.05) is 11.7 Å². The molecule has 2 unspecified atom stereocenters. The van der Waals surface area contributed by atoms with Crippen molar-refractivity contribution in [3.05, 3.63) is 29.3 Å². The minimum absolute atomic E-state index is 0.0657. The van der Waals surface area contributed by atoms with E-state index in [4.69, 9.17) is 5.73 Å². The van der Waals surface area contributed by atoms with E-state index < -0.39 is 0 Å². The van der Waals surface area contributed by atoms with Crippen LogP contribution in [0.3, 0.4) is 0 Å². The number of nitrogens with two attached hydrogens (primary N) is 1. The standard InChI is InChI=1S/C14H20N2O/c1-3-4-9(2)14(15)10-5-6-12-11(7-10)8-13(17)16-12/h5-7,9,14H,3-4,8,15H2,1-2H3,(H,16,17). The van der Waals surface area contributed by atoms with Crippen LogP contribution in [0.25, 0.3) is 0 Å². The molecule has 0 aliphatic carbocycles. The van der Waals surface area contributed by atoms with E-state index in [1.807, 2.05) is 12.1 Å². The fourth-order valence-corrected chi connectivity index (χ4v) is 2.42. The molecule has 0 saturated carbocycles. The third kappa shape index (κ3) is 2.50. The first-order valence-electron chi connectivity index (χ1n) is 6.30. The molecule has 0 radical (unpaired) electrons. The van der Waals surface area contributed by atoms with E-state index in [2.05, 4.69) is 25.2 Å². The maximum absolute atomic E-state index is 11.3. The monoisotopic (exact) mass is 232 g/mol. The van der Waals surface area contributed by atoms with Crippen molar-refractivity contribution < 1.29 is 4.79 Å². The van der Waals surface area contributed by atoms with E-state index in [-0.39, 0.29) is 11.9 Å². The summed E-state index contributed by atoms with van der Waals surface area (Å²) in [4.78, 5) is 11.3. The van der Waals surface area contributed by atoms with Crippen LogP contribution in [0, 0.1) is 5.92 Å². The lowest BCUT2D eigenvalue weighted by Gasteiger charge is -2.20. The van der Waals surface area contributed by atoms with Crippen molar-refractivity contribution in [2.45, 2.75) is 39.2 Å². The van der Waals surface area contributed by atoms with E-state index in [9.17, 15) is 4.79 Å². The second-order valence-electron chi connectivity index (χ2n) is 4.93. The molecule has 2 rings (SSSR count). The summed E-state index contributed by atoms with van der Waals surface area (Å²) in [5.74, 6) is 0.551. The number of nitrogens with one attached hydrogen (secondary N) is 1. The molecule has 1 amide bonds. The first kappa shape index (κ1) is 12.1. The van der Waals surface area contributed by atoms with Crippen LogP contribution in [-0.4, -0.2) is 5.91 Å². The number of amides is 1. The van der Waals surface area contributed by atoms with Crippen LogP contribution >= 0.6 is 0 Å². The topological polar surface area (TPSA) is 55.1 Å².